The van der Waals surface area contributed by atoms with E-state index in [-0.39, 0.29) is 6.23 Å². The van der Waals surface area contributed by atoms with Crippen molar-refractivity contribution in [2.24, 2.45) is 10.8 Å². The summed E-state index contributed by atoms with van der Waals surface area (Å²) in [6.45, 7) is 11.0. The molecule has 0 bridgehead atoms. The van der Waals surface area contributed by atoms with Gasteiger partial charge in [0, 0.05) is 6.04 Å². The van der Waals surface area contributed by atoms with Gasteiger partial charge in [0.25, 0.3) is 0 Å². The van der Waals surface area contributed by atoms with Crippen molar-refractivity contribution in [2.45, 2.75) is 53.3 Å². The number of hydrogen-bond donors (Lipinski definition) is 1. The van der Waals surface area contributed by atoms with E-state index in [1.165, 1.54) is 6.42 Å². The van der Waals surface area contributed by atoms with Gasteiger partial charge >= 0.3 is 0 Å². The molecule has 0 aromatic rings. The molecule has 2 heteroatoms. The summed E-state index contributed by atoms with van der Waals surface area (Å²) in [6.07, 6.45) is 0.894. The van der Waals surface area contributed by atoms with Gasteiger partial charge in [-0.15, -0.1) is 0 Å². The van der Waals surface area contributed by atoms with Crippen molar-refractivity contribution in [3.63, 3.8) is 0 Å². The van der Waals surface area contributed by atoms with Crippen LogP contribution in [0.1, 0.15) is 41.0 Å². The second kappa shape index (κ2) is 2.96. The first-order valence-corrected chi connectivity index (χ1v) is 5.08. The molecule has 0 saturated heterocycles. The van der Waals surface area contributed by atoms with Gasteiger partial charge in [-0.25, -0.2) is 0 Å². The lowest BCUT2D eigenvalue weighted by Crippen LogP contribution is -2.64. The SMILES string of the molecule is CC(O)N(C)C1C(C)(C)CC1(C)C. The highest BCUT2D eigenvalue weighted by Gasteiger charge is 2.55. The molecule has 1 aliphatic rings. The van der Waals surface area contributed by atoms with Gasteiger partial charge in [-0.2, -0.15) is 0 Å². The number of aliphatic hydroxyl groups excluding tert-OH is 1. The minimum Gasteiger partial charge on any atom is -0.379 e. The Labute approximate surface area is 81.9 Å². The summed E-state index contributed by atoms with van der Waals surface area (Å²) in [7, 11) is 2.01. The number of aliphatic hydroxyl groups is 1. The third kappa shape index (κ3) is 1.75. The van der Waals surface area contributed by atoms with Crippen LogP contribution in [0.25, 0.3) is 0 Å². The molecular weight excluding hydrogens is 162 g/mol. The molecule has 0 aliphatic heterocycles. The number of nitrogens with zero attached hydrogens (tertiary/aromatic N) is 1. The molecule has 1 saturated carbocycles. The minimum absolute atomic E-state index is 0.342. The molecule has 0 amide bonds. The molecule has 1 fully saturated rings. The first-order chi connectivity index (χ1) is 5.68. The monoisotopic (exact) mass is 185 g/mol. The van der Waals surface area contributed by atoms with Gasteiger partial charge in [-0.05, 0) is 31.2 Å². The Kier molecular flexibility index (Phi) is 2.50. The van der Waals surface area contributed by atoms with Gasteiger partial charge < -0.3 is 5.11 Å². The Morgan fingerprint density at radius 2 is 1.62 bits per heavy atom. The Bertz CT molecular complexity index is 182. The predicted octanol–water partition coefficient (Wildman–Crippen LogP) is 2.08. The molecule has 78 valence electrons. The van der Waals surface area contributed by atoms with Crippen molar-refractivity contribution in [2.75, 3.05) is 7.05 Å². The molecule has 0 aromatic carbocycles. The van der Waals surface area contributed by atoms with E-state index >= 15 is 0 Å². The van der Waals surface area contributed by atoms with E-state index in [1.807, 2.05) is 14.0 Å². The maximum atomic E-state index is 9.55. The lowest BCUT2D eigenvalue weighted by molar-refractivity contribution is -0.151. The Hall–Kier alpha value is -0.0800. The lowest BCUT2D eigenvalue weighted by atomic mass is 9.51. The van der Waals surface area contributed by atoms with Crippen LogP contribution in [-0.2, 0) is 0 Å². The minimum atomic E-state index is -0.344. The van der Waals surface area contributed by atoms with Crippen LogP contribution in [0, 0.1) is 10.8 Å². The van der Waals surface area contributed by atoms with E-state index in [0.717, 1.165) is 0 Å². The van der Waals surface area contributed by atoms with E-state index < -0.39 is 0 Å². The largest absolute Gasteiger partial charge is 0.379 e. The van der Waals surface area contributed by atoms with Gasteiger partial charge in [0.05, 0.1) is 0 Å². The van der Waals surface area contributed by atoms with Crippen LogP contribution >= 0.6 is 0 Å². The average molecular weight is 185 g/mol. The first kappa shape index (κ1) is 11.0. The molecule has 0 radical (unpaired) electrons. The smallest absolute Gasteiger partial charge is 0.104 e. The molecule has 1 rings (SSSR count). The standard InChI is InChI=1S/C11H23NO/c1-8(13)12(6)9-10(2,3)7-11(9,4)5/h8-9,13H,7H2,1-6H3. The quantitative estimate of drug-likeness (QED) is 0.666. The lowest BCUT2D eigenvalue weighted by Gasteiger charge is -2.61. The summed E-state index contributed by atoms with van der Waals surface area (Å²) >= 11 is 0. The maximum absolute atomic E-state index is 9.55. The Morgan fingerprint density at radius 1 is 1.23 bits per heavy atom. The fraction of sp³-hybridized carbons (Fsp3) is 1.00. The van der Waals surface area contributed by atoms with Crippen molar-refractivity contribution >= 4 is 0 Å². The van der Waals surface area contributed by atoms with Crippen LogP contribution < -0.4 is 0 Å². The van der Waals surface area contributed by atoms with Gasteiger partial charge in [0.15, 0.2) is 0 Å². The third-order valence-corrected chi connectivity index (χ3v) is 3.39. The summed E-state index contributed by atoms with van der Waals surface area (Å²) < 4.78 is 0. The van der Waals surface area contributed by atoms with E-state index in [0.29, 0.717) is 16.9 Å². The van der Waals surface area contributed by atoms with Crippen LogP contribution in [0.2, 0.25) is 0 Å². The molecule has 13 heavy (non-hydrogen) atoms. The van der Waals surface area contributed by atoms with Crippen LogP contribution in [0.3, 0.4) is 0 Å². The van der Waals surface area contributed by atoms with Crippen molar-refractivity contribution in [1.82, 2.24) is 4.90 Å². The summed E-state index contributed by atoms with van der Waals surface area (Å²) in [5.74, 6) is 0. The molecule has 1 aliphatic carbocycles. The molecule has 0 spiro atoms. The van der Waals surface area contributed by atoms with Gasteiger partial charge in [0.1, 0.15) is 6.23 Å². The van der Waals surface area contributed by atoms with E-state index in [2.05, 4.69) is 32.6 Å². The molecule has 2 nitrogen and oxygen atoms in total. The fourth-order valence-corrected chi connectivity index (χ4v) is 3.61. The molecular formula is C11H23NO. The number of rotatable bonds is 2. The number of hydrogen-bond acceptors (Lipinski definition) is 2. The van der Waals surface area contributed by atoms with E-state index in [1.54, 1.807) is 0 Å². The van der Waals surface area contributed by atoms with Gasteiger partial charge in [-0.3, -0.25) is 4.90 Å². The zero-order chi connectivity index (χ0) is 10.4. The summed E-state index contributed by atoms with van der Waals surface area (Å²) in [6, 6.07) is 0.486. The summed E-state index contributed by atoms with van der Waals surface area (Å²) in [5.41, 5.74) is 0.685. The highest BCUT2D eigenvalue weighted by molar-refractivity contribution is 5.07. The molecule has 1 N–H and O–H groups in total. The highest BCUT2D eigenvalue weighted by Crippen LogP contribution is 2.56. The maximum Gasteiger partial charge on any atom is 0.104 e. The van der Waals surface area contributed by atoms with Crippen molar-refractivity contribution in [3.8, 4) is 0 Å². The third-order valence-electron chi connectivity index (χ3n) is 3.39. The van der Waals surface area contributed by atoms with Crippen LogP contribution in [0.15, 0.2) is 0 Å². The van der Waals surface area contributed by atoms with Gasteiger partial charge in [-0.1, -0.05) is 27.7 Å². The van der Waals surface area contributed by atoms with Crippen molar-refractivity contribution in [3.05, 3.63) is 0 Å². The second-order valence-electron chi connectivity index (χ2n) is 5.85. The van der Waals surface area contributed by atoms with Crippen LogP contribution in [-0.4, -0.2) is 29.3 Å². The normalized spacial score (nSPS) is 28.6. The first-order valence-electron chi connectivity index (χ1n) is 5.08. The second-order valence-corrected chi connectivity index (χ2v) is 5.85. The molecule has 1 atom stereocenters. The molecule has 0 heterocycles. The van der Waals surface area contributed by atoms with Gasteiger partial charge in [0.2, 0.25) is 0 Å². The van der Waals surface area contributed by atoms with Crippen LogP contribution in [0.4, 0.5) is 0 Å². The Morgan fingerprint density at radius 3 is 1.77 bits per heavy atom. The molecule has 0 aromatic heterocycles. The van der Waals surface area contributed by atoms with Crippen molar-refractivity contribution < 1.29 is 5.11 Å². The zero-order valence-corrected chi connectivity index (χ0v) is 9.76. The fourth-order valence-electron chi connectivity index (χ4n) is 3.61. The summed E-state index contributed by atoms with van der Waals surface area (Å²) in [5, 5.41) is 9.55. The van der Waals surface area contributed by atoms with E-state index in [9.17, 15) is 5.11 Å². The average Bonchev–Trinajstić information content (AvgIpc) is 1.81. The Balaban J connectivity index is 2.77. The highest BCUT2D eigenvalue weighted by atomic mass is 16.3. The van der Waals surface area contributed by atoms with Crippen molar-refractivity contribution in [1.29, 1.82) is 0 Å². The molecule has 1 unspecified atom stereocenters. The van der Waals surface area contributed by atoms with Crippen LogP contribution in [0.5, 0.6) is 0 Å². The predicted molar refractivity (Wildman–Crippen MR) is 55.4 cm³/mol. The summed E-state index contributed by atoms with van der Waals surface area (Å²) in [4.78, 5) is 2.09. The zero-order valence-electron chi connectivity index (χ0n) is 9.76. The van der Waals surface area contributed by atoms with E-state index in [4.69, 9.17) is 0 Å². The topological polar surface area (TPSA) is 23.5 Å².